The van der Waals surface area contributed by atoms with Crippen LogP contribution >= 0.6 is 11.3 Å². The summed E-state index contributed by atoms with van der Waals surface area (Å²) in [6.45, 7) is 4.95. The van der Waals surface area contributed by atoms with Crippen LogP contribution in [0.2, 0.25) is 0 Å². The maximum Gasteiger partial charge on any atom is 0.261 e. The van der Waals surface area contributed by atoms with E-state index in [0.29, 0.717) is 12.5 Å². The molecular weight excluding hydrogens is 322 g/mol. The molecule has 1 unspecified atom stereocenters. The fourth-order valence-electron chi connectivity index (χ4n) is 2.89. The lowest BCUT2D eigenvalue weighted by atomic mass is 9.92. The number of benzene rings is 1. The van der Waals surface area contributed by atoms with E-state index in [1.165, 1.54) is 16.9 Å². The fraction of sp³-hybridized carbons (Fsp3) is 0.421. The Morgan fingerprint density at radius 2 is 2.04 bits per heavy atom. The molecule has 0 fully saturated rings. The zero-order chi connectivity index (χ0) is 17.5. The Morgan fingerprint density at radius 1 is 1.25 bits per heavy atom. The molecule has 0 saturated carbocycles. The van der Waals surface area contributed by atoms with Crippen LogP contribution in [0.1, 0.15) is 46.5 Å². The van der Waals surface area contributed by atoms with Gasteiger partial charge in [-0.25, -0.2) is 0 Å². The minimum Gasteiger partial charge on any atom is -0.493 e. The number of ether oxygens (including phenoxy) is 2. The molecule has 0 spiro atoms. The minimum atomic E-state index is 0.0138. The molecular formula is C19H25NO3S. The molecule has 24 heavy (non-hydrogen) atoms. The molecule has 2 rings (SSSR count). The first-order chi connectivity index (χ1) is 11.6. The average Bonchev–Trinajstić information content (AvgIpc) is 3.12. The van der Waals surface area contributed by atoms with Crippen molar-refractivity contribution in [3.8, 4) is 11.5 Å². The van der Waals surface area contributed by atoms with E-state index in [1.807, 2.05) is 23.6 Å². The van der Waals surface area contributed by atoms with Gasteiger partial charge in [-0.05, 0) is 54.3 Å². The number of amides is 1. The van der Waals surface area contributed by atoms with Crippen molar-refractivity contribution < 1.29 is 14.3 Å². The van der Waals surface area contributed by atoms with Crippen molar-refractivity contribution in [2.24, 2.45) is 0 Å². The van der Waals surface area contributed by atoms with Crippen LogP contribution in [0.3, 0.4) is 0 Å². The number of nitrogens with one attached hydrogen (secondary N) is 1. The molecule has 1 atom stereocenters. The highest BCUT2D eigenvalue weighted by Gasteiger charge is 2.15. The molecule has 0 saturated heterocycles. The lowest BCUT2D eigenvalue weighted by molar-refractivity contribution is 0.0957. The summed E-state index contributed by atoms with van der Waals surface area (Å²) in [5.74, 6) is 1.96. The predicted molar refractivity (Wildman–Crippen MR) is 98.6 cm³/mol. The molecule has 0 aliphatic carbocycles. The van der Waals surface area contributed by atoms with E-state index >= 15 is 0 Å². The Balaban J connectivity index is 1.88. The van der Waals surface area contributed by atoms with Crippen LogP contribution in [-0.2, 0) is 0 Å². The largest absolute Gasteiger partial charge is 0.493 e. The molecule has 0 bridgehead atoms. The van der Waals surface area contributed by atoms with Crippen LogP contribution in [0.5, 0.6) is 11.5 Å². The number of thiophene rings is 1. The Labute approximate surface area is 147 Å². The van der Waals surface area contributed by atoms with Gasteiger partial charge in [0.05, 0.1) is 19.1 Å². The summed E-state index contributed by atoms with van der Waals surface area (Å²) in [6.07, 6.45) is 1.94. The number of hydrogen-bond acceptors (Lipinski definition) is 4. The molecule has 0 aliphatic heterocycles. The highest BCUT2D eigenvalue weighted by Crippen LogP contribution is 2.36. The molecule has 0 aliphatic rings. The number of carbonyl (C=O) groups is 1. The highest BCUT2D eigenvalue weighted by atomic mass is 32.1. The molecule has 1 aromatic heterocycles. The van der Waals surface area contributed by atoms with Gasteiger partial charge in [-0.3, -0.25) is 4.79 Å². The minimum absolute atomic E-state index is 0.0138. The van der Waals surface area contributed by atoms with Gasteiger partial charge in [-0.15, -0.1) is 11.3 Å². The predicted octanol–water partition coefficient (Wildman–Crippen LogP) is 4.39. The first-order valence-corrected chi connectivity index (χ1v) is 8.99. The Morgan fingerprint density at radius 3 is 2.67 bits per heavy atom. The normalized spacial score (nSPS) is 11.8. The van der Waals surface area contributed by atoms with E-state index in [4.69, 9.17) is 9.47 Å². The lowest BCUT2D eigenvalue weighted by Crippen LogP contribution is -2.23. The Hall–Kier alpha value is -2.01. The monoisotopic (exact) mass is 347 g/mol. The van der Waals surface area contributed by atoms with Gasteiger partial charge in [0.25, 0.3) is 5.91 Å². The third-order valence-corrected chi connectivity index (χ3v) is 5.08. The first-order valence-electron chi connectivity index (χ1n) is 8.11. The summed E-state index contributed by atoms with van der Waals surface area (Å²) in [7, 11) is 3.32. The second-order valence-electron chi connectivity index (χ2n) is 5.79. The van der Waals surface area contributed by atoms with Crippen LogP contribution in [0, 0.1) is 6.92 Å². The summed E-state index contributed by atoms with van der Waals surface area (Å²) >= 11 is 1.46. The van der Waals surface area contributed by atoms with E-state index < -0.39 is 0 Å². The first kappa shape index (κ1) is 18.3. The molecule has 130 valence electrons. The number of carbonyl (C=O) groups excluding carboxylic acids is 1. The summed E-state index contributed by atoms with van der Waals surface area (Å²) in [6, 6.07) is 7.79. The van der Waals surface area contributed by atoms with Crippen molar-refractivity contribution in [1.29, 1.82) is 0 Å². The van der Waals surface area contributed by atoms with E-state index in [-0.39, 0.29) is 5.91 Å². The zero-order valence-electron chi connectivity index (χ0n) is 14.7. The molecule has 1 amide bonds. The topological polar surface area (TPSA) is 47.6 Å². The van der Waals surface area contributed by atoms with E-state index in [9.17, 15) is 4.79 Å². The van der Waals surface area contributed by atoms with Crippen LogP contribution in [0.4, 0.5) is 0 Å². The van der Waals surface area contributed by atoms with Crippen molar-refractivity contribution >= 4 is 17.2 Å². The quantitative estimate of drug-likeness (QED) is 0.721. The number of rotatable bonds is 8. The van der Waals surface area contributed by atoms with Crippen molar-refractivity contribution in [1.82, 2.24) is 5.32 Å². The van der Waals surface area contributed by atoms with Crippen molar-refractivity contribution in [3.63, 3.8) is 0 Å². The van der Waals surface area contributed by atoms with Crippen LogP contribution < -0.4 is 14.8 Å². The smallest absolute Gasteiger partial charge is 0.261 e. The molecule has 5 heteroatoms. The molecule has 4 nitrogen and oxygen atoms in total. The molecule has 0 radical (unpaired) electrons. The maximum absolute atomic E-state index is 11.9. The van der Waals surface area contributed by atoms with Gasteiger partial charge in [-0.2, -0.15) is 0 Å². The third-order valence-electron chi connectivity index (χ3n) is 4.21. The van der Waals surface area contributed by atoms with Crippen molar-refractivity contribution in [2.75, 3.05) is 20.8 Å². The fourth-order valence-corrected chi connectivity index (χ4v) is 3.53. The van der Waals surface area contributed by atoms with E-state index in [2.05, 4.69) is 25.2 Å². The van der Waals surface area contributed by atoms with Crippen LogP contribution in [0.15, 0.2) is 29.6 Å². The third kappa shape index (κ3) is 4.29. The van der Waals surface area contributed by atoms with Gasteiger partial charge >= 0.3 is 0 Å². The van der Waals surface area contributed by atoms with Crippen molar-refractivity contribution in [2.45, 2.75) is 32.6 Å². The van der Waals surface area contributed by atoms with Gasteiger partial charge in [0.2, 0.25) is 0 Å². The zero-order valence-corrected chi connectivity index (χ0v) is 15.5. The molecule has 1 N–H and O–H groups in total. The Kier molecular flexibility index (Phi) is 6.67. The van der Waals surface area contributed by atoms with Gasteiger partial charge in [0, 0.05) is 6.54 Å². The lowest BCUT2D eigenvalue weighted by Gasteiger charge is -2.19. The Bertz CT molecular complexity index is 668. The van der Waals surface area contributed by atoms with Crippen LogP contribution in [0.25, 0.3) is 0 Å². The summed E-state index contributed by atoms with van der Waals surface area (Å²) < 4.78 is 10.8. The molecule has 1 aromatic carbocycles. The summed E-state index contributed by atoms with van der Waals surface area (Å²) in [4.78, 5) is 12.7. The highest BCUT2D eigenvalue weighted by molar-refractivity contribution is 7.12. The standard InChI is InChI=1S/C19H25NO3S/c1-13(7-5-11-20-19(21)17-8-6-12-24-17)15-9-10-16(22-3)18(23-4)14(15)2/h6,8-10,12-13H,5,7,11H2,1-4H3,(H,20,21). The average molecular weight is 347 g/mol. The van der Waals surface area contributed by atoms with Crippen LogP contribution in [-0.4, -0.2) is 26.7 Å². The summed E-state index contributed by atoms with van der Waals surface area (Å²) in [5, 5.41) is 4.89. The van der Waals surface area contributed by atoms with Gasteiger partial charge < -0.3 is 14.8 Å². The molecule has 1 heterocycles. The number of hydrogen-bond donors (Lipinski definition) is 1. The second-order valence-corrected chi connectivity index (χ2v) is 6.74. The summed E-state index contributed by atoms with van der Waals surface area (Å²) in [5.41, 5.74) is 2.38. The van der Waals surface area contributed by atoms with Gasteiger partial charge in [-0.1, -0.05) is 19.1 Å². The van der Waals surface area contributed by atoms with Gasteiger partial charge in [0.1, 0.15) is 0 Å². The van der Waals surface area contributed by atoms with Gasteiger partial charge in [0.15, 0.2) is 11.5 Å². The van der Waals surface area contributed by atoms with E-state index in [0.717, 1.165) is 34.8 Å². The second kappa shape index (κ2) is 8.73. The SMILES string of the molecule is COc1ccc(C(C)CCCNC(=O)c2cccs2)c(C)c1OC. The number of methoxy groups -OCH3 is 2. The maximum atomic E-state index is 11.9. The van der Waals surface area contributed by atoms with Crippen molar-refractivity contribution in [3.05, 3.63) is 45.6 Å². The molecule has 2 aromatic rings. The van der Waals surface area contributed by atoms with E-state index in [1.54, 1.807) is 14.2 Å².